The van der Waals surface area contributed by atoms with E-state index in [0.717, 1.165) is 38.5 Å². The zero-order valence-electron chi connectivity index (χ0n) is 25.9. The summed E-state index contributed by atoms with van der Waals surface area (Å²) in [5, 5.41) is 55.2. The molecule has 0 aliphatic rings. The van der Waals surface area contributed by atoms with Gasteiger partial charge in [-0.2, -0.15) is 0 Å². The molecule has 0 spiro atoms. The quantitative estimate of drug-likeness (QED) is 0.0697. The van der Waals surface area contributed by atoms with Crippen LogP contribution in [0.1, 0.15) is 159 Å². The van der Waals surface area contributed by atoms with Crippen LogP contribution in [0, 0.1) is 67.1 Å². The second kappa shape index (κ2) is 26.3. The van der Waals surface area contributed by atoms with Crippen molar-refractivity contribution in [2.75, 3.05) is 0 Å². The van der Waals surface area contributed by atoms with Crippen molar-refractivity contribution in [1.29, 1.82) is 0 Å². The Hall–Kier alpha value is 1.34. The van der Waals surface area contributed by atoms with E-state index in [2.05, 4.69) is 20.8 Å². The molecule has 0 fully saturated rings. The first-order valence-electron chi connectivity index (χ1n) is 14.8. The second-order valence-electron chi connectivity index (χ2n) is 11.5. The summed E-state index contributed by atoms with van der Waals surface area (Å²) >= 11 is 0. The number of hydrogen-bond acceptors (Lipinski definition) is 6. The van der Waals surface area contributed by atoms with Gasteiger partial charge in [0.05, 0.1) is 0 Å². The fraction of sp³-hybridized carbons (Fsp3) is 1.00. The molecule has 6 N–H and O–H groups in total. The molecule has 229 valence electrons. The monoisotopic (exact) mass is 675 g/mol. The molecule has 1 radical (unpaired) electrons. The molecule has 0 aliphatic heterocycles. The van der Waals surface area contributed by atoms with E-state index >= 15 is 0 Å². The Morgan fingerprint density at radius 3 is 0.730 bits per heavy atom. The Morgan fingerprint density at radius 1 is 0.405 bits per heavy atom. The largest absolute Gasteiger partial charge is 0.366 e. The smallest absolute Gasteiger partial charge is 0.162 e. The van der Waals surface area contributed by atoms with Gasteiger partial charge in [-0.05, 0) is 40.0 Å². The van der Waals surface area contributed by atoms with Crippen molar-refractivity contribution in [3.8, 4) is 0 Å². The van der Waals surface area contributed by atoms with E-state index < -0.39 is 17.4 Å². The predicted octanol–water partition coefficient (Wildman–Crippen LogP) is 6.88. The summed E-state index contributed by atoms with van der Waals surface area (Å²) < 4.78 is 0. The van der Waals surface area contributed by atoms with Gasteiger partial charge in [-0.25, -0.2) is 0 Å². The fourth-order valence-electron chi connectivity index (χ4n) is 3.45. The van der Waals surface area contributed by atoms with Crippen LogP contribution in [-0.4, -0.2) is 48.0 Å². The minimum Gasteiger partial charge on any atom is -0.366 e. The van der Waals surface area contributed by atoms with Gasteiger partial charge in [-0.3, -0.25) is 0 Å². The van der Waals surface area contributed by atoms with Crippen molar-refractivity contribution in [3.05, 3.63) is 0 Å². The molecule has 0 aliphatic carbocycles. The van der Waals surface area contributed by atoms with Crippen LogP contribution in [0.25, 0.3) is 0 Å². The van der Waals surface area contributed by atoms with Gasteiger partial charge in [-0.15, -0.1) is 0 Å². The third-order valence-electron chi connectivity index (χ3n) is 7.27. The van der Waals surface area contributed by atoms with Crippen LogP contribution >= 0.6 is 0 Å². The van der Waals surface area contributed by atoms with E-state index in [1.54, 1.807) is 0 Å². The van der Waals surface area contributed by atoms with Crippen molar-refractivity contribution in [2.24, 2.45) is 17.8 Å². The Morgan fingerprint density at radius 2 is 0.595 bits per heavy atom. The maximum absolute atomic E-state index is 9.20. The SMILES string of the molecule is CCCCCCC(C)C(C)(O)O.CCCCCCC(C)C(C)(O)O.CCCCCCC(C)C(C)(O)O.[Eu]. The average Bonchev–Trinajstić information content (AvgIpc) is 2.75. The van der Waals surface area contributed by atoms with Gasteiger partial charge in [0.25, 0.3) is 0 Å². The summed E-state index contributed by atoms with van der Waals surface area (Å²) in [5.74, 6) is -4.54. The molecule has 0 saturated carbocycles. The molecule has 0 rings (SSSR count). The molecule has 3 atom stereocenters. The Bertz CT molecular complexity index is 388. The molecular formula is C30H66EuO6. The van der Waals surface area contributed by atoms with Gasteiger partial charge in [0.2, 0.25) is 0 Å². The number of aliphatic hydroxyl groups is 6. The number of rotatable bonds is 18. The summed E-state index contributed by atoms with van der Waals surface area (Å²) in [6.45, 7) is 16.5. The molecule has 6 nitrogen and oxygen atoms in total. The molecular weight excluding hydrogens is 608 g/mol. The van der Waals surface area contributed by atoms with E-state index in [9.17, 15) is 30.6 Å². The maximum Gasteiger partial charge on any atom is 0.162 e. The minimum atomic E-state index is -1.49. The van der Waals surface area contributed by atoms with Gasteiger partial charge in [0, 0.05) is 67.1 Å². The van der Waals surface area contributed by atoms with Crippen LogP contribution in [0.2, 0.25) is 0 Å². The molecule has 0 aromatic rings. The Kier molecular flexibility index (Phi) is 32.2. The van der Waals surface area contributed by atoms with Gasteiger partial charge in [0.1, 0.15) is 0 Å². The average molecular weight is 675 g/mol. The van der Waals surface area contributed by atoms with Crippen molar-refractivity contribution >= 4 is 0 Å². The molecule has 0 bridgehead atoms. The van der Waals surface area contributed by atoms with Crippen LogP contribution < -0.4 is 0 Å². The van der Waals surface area contributed by atoms with Crippen LogP contribution in [0.4, 0.5) is 0 Å². The number of hydrogen-bond donors (Lipinski definition) is 6. The van der Waals surface area contributed by atoms with Crippen molar-refractivity contribution in [3.63, 3.8) is 0 Å². The molecule has 0 amide bonds. The fourth-order valence-corrected chi connectivity index (χ4v) is 3.45. The molecule has 7 heteroatoms. The molecule has 0 aromatic carbocycles. The summed E-state index contributed by atoms with van der Waals surface area (Å²) in [6, 6.07) is 0. The molecule has 37 heavy (non-hydrogen) atoms. The second-order valence-corrected chi connectivity index (χ2v) is 11.5. The summed E-state index contributed by atoms with van der Waals surface area (Å²) in [4.78, 5) is 0. The minimum absolute atomic E-state index is 0. The first-order chi connectivity index (χ1) is 16.4. The Balaban J connectivity index is -0.000000218. The van der Waals surface area contributed by atoms with E-state index in [4.69, 9.17) is 0 Å². The third-order valence-corrected chi connectivity index (χ3v) is 7.27. The van der Waals surface area contributed by atoms with E-state index in [0.29, 0.717) is 0 Å². The van der Waals surface area contributed by atoms with Crippen molar-refractivity contribution in [1.82, 2.24) is 0 Å². The summed E-state index contributed by atoms with van der Waals surface area (Å²) in [6.07, 6.45) is 17.1. The van der Waals surface area contributed by atoms with Crippen molar-refractivity contribution < 1.29 is 80.0 Å². The zero-order valence-corrected chi connectivity index (χ0v) is 28.3. The molecule has 0 saturated heterocycles. The van der Waals surface area contributed by atoms with Crippen LogP contribution in [0.5, 0.6) is 0 Å². The topological polar surface area (TPSA) is 121 Å². The maximum atomic E-state index is 9.20. The molecule has 0 heterocycles. The van der Waals surface area contributed by atoms with E-state index in [-0.39, 0.29) is 67.1 Å². The van der Waals surface area contributed by atoms with E-state index in [1.165, 1.54) is 78.6 Å². The normalized spacial score (nSPS) is 14.4. The van der Waals surface area contributed by atoms with E-state index in [1.807, 2.05) is 20.8 Å². The molecule has 0 aromatic heterocycles. The Labute approximate surface area is 271 Å². The van der Waals surface area contributed by atoms with Crippen molar-refractivity contribution in [2.45, 2.75) is 176 Å². The zero-order chi connectivity index (χ0) is 28.8. The van der Waals surface area contributed by atoms with Gasteiger partial charge in [0.15, 0.2) is 17.4 Å². The van der Waals surface area contributed by atoms with Gasteiger partial charge >= 0.3 is 0 Å². The summed E-state index contributed by atoms with van der Waals surface area (Å²) in [7, 11) is 0. The first-order valence-corrected chi connectivity index (χ1v) is 14.8. The van der Waals surface area contributed by atoms with Gasteiger partial charge < -0.3 is 30.6 Å². The predicted molar refractivity (Wildman–Crippen MR) is 152 cm³/mol. The summed E-state index contributed by atoms with van der Waals surface area (Å²) in [5.41, 5.74) is 0. The standard InChI is InChI=1S/3C10H22O2.Eu/c3*1-4-5-6-7-8-9(2)10(3,11)12;/h3*9,11-12H,4-8H2,1-3H3;. The van der Waals surface area contributed by atoms with Crippen LogP contribution in [0.15, 0.2) is 0 Å². The number of unbranched alkanes of at least 4 members (excludes halogenated alkanes) is 9. The molecule has 3 unspecified atom stereocenters. The van der Waals surface area contributed by atoms with Crippen LogP contribution in [-0.2, 0) is 0 Å². The van der Waals surface area contributed by atoms with Gasteiger partial charge in [-0.1, -0.05) is 119 Å². The van der Waals surface area contributed by atoms with Crippen LogP contribution in [0.3, 0.4) is 0 Å². The third kappa shape index (κ3) is 33.5. The first kappa shape index (κ1) is 45.3.